The second-order valence-electron chi connectivity index (χ2n) is 5.94. The zero-order valence-corrected chi connectivity index (χ0v) is 12.4. The van der Waals surface area contributed by atoms with E-state index in [4.69, 9.17) is 0 Å². The Bertz CT molecular complexity index is 464. The van der Waals surface area contributed by atoms with Crippen molar-refractivity contribution in [3.05, 3.63) is 35.1 Å². The molecule has 1 aromatic rings. The number of carbonyl (C=O) groups is 1. The summed E-state index contributed by atoms with van der Waals surface area (Å²) in [7, 11) is 0. The topological polar surface area (TPSA) is 29.1 Å². The predicted octanol–water partition coefficient (Wildman–Crippen LogP) is 4.08. The highest BCUT2D eigenvalue weighted by atomic mass is 19.1. The Morgan fingerprint density at radius 2 is 1.90 bits per heavy atom. The molecule has 2 rings (SSSR count). The first-order valence-corrected chi connectivity index (χ1v) is 7.65. The van der Waals surface area contributed by atoms with Crippen molar-refractivity contribution in [2.24, 2.45) is 11.8 Å². The lowest BCUT2D eigenvalue weighted by Crippen LogP contribution is -2.31. The van der Waals surface area contributed by atoms with Crippen LogP contribution in [0.5, 0.6) is 0 Å². The number of halogens is 1. The molecule has 1 saturated carbocycles. The van der Waals surface area contributed by atoms with Gasteiger partial charge in [-0.15, -0.1) is 0 Å². The Hall–Kier alpha value is -1.38. The van der Waals surface area contributed by atoms with E-state index in [1.807, 2.05) is 0 Å². The molecule has 2 nitrogen and oxygen atoms in total. The number of rotatable bonds is 4. The molecule has 1 amide bonds. The largest absolute Gasteiger partial charge is 0.352 e. The monoisotopic (exact) mass is 277 g/mol. The molecule has 1 aliphatic rings. The molecule has 110 valence electrons. The quantitative estimate of drug-likeness (QED) is 0.882. The van der Waals surface area contributed by atoms with E-state index in [0.29, 0.717) is 18.0 Å². The summed E-state index contributed by atoms with van der Waals surface area (Å²) < 4.78 is 13.9. The summed E-state index contributed by atoms with van der Waals surface area (Å²) in [6.07, 6.45) is 6.13. The van der Waals surface area contributed by atoms with Gasteiger partial charge in [0.2, 0.25) is 0 Å². The van der Waals surface area contributed by atoms with E-state index in [2.05, 4.69) is 12.2 Å². The zero-order chi connectivity index (χ0) is 14.5. The van der Waals surface area contributed by atoms with Crippen LogP contribution in [0.3, 0.4) is 0 Å². The molecular formula is C17H24FNO. The SMILES string of the molecule is CCC1CCC(CNC(=O)c2cccc(C)c2F)CC1. The predicted molar refractivity (Wildman–Crippen MR) is 79.2 cm³/mol. The number of hydrogen-bond acceptors (Lipinski definition) is 1. The van der Waals surface area contributed by atoms with E-state index in [1.54, 1.807) is 25.1 Å². The minimum absolute atomic E-state index is 0.159. The summed E-state index contributed by atoms with van der Waals surface area (Å²) in [5, 5.41) is 2.89. The van der Waals surface area contributed by atoms with Crippen LogP contribution in [0.1, 0.15) is 54.9 Å². The lowest BCUT2D eigenvalue weighted by atomic mass is 9.81. The van der Waals surface area contributed by atoms with Crippen LogP contribution in [-0.4, -0.2) is 12.5 Å². The third-order valence-corrected chi connectivity index (χ3v) is 4.53. The third-order valence-electron chi connectivity index (χ3n) is 4.53. The Labute approximate surface area is 120 Å². The molecule has 0 heterocycles. The fourth-order valence-electron chi connectivity index (χ4n) is 3.00. The molecular weight excluding hydrogens is 253 g/mol. The molecule has 1 aromatic carbocycles. The van der Waals surface area contributed by atoms with E-state index in [-0.39, 0.29) is 11.5 Å². The molecule has 0 spiro atoms. The van der Waals surface area contributed by atoms with Crippen molar-refractivity contribution >= 4 is 5.91 Å². The van der Waals surface area contributed by atoms with Gasteiger partial charge in [0.25, 0.3) is 5.91 Å². The van der Waals surface area contributed by atoms with E-state index >= 15 is 0 Å². The maximum absolute atomic E-state index is 13.9. The van der Waals surface area contributed by atoms with Crippen LogP contribution in [-0.2, 0) is 0 Å². The summed E-state index contributed by atoms with van der Waals surface area (Å²) in [6, 6.07) is 4.95. The van der Waals surface area contributed by atoms with Crippen LogP contribution in [0, 0.1) is 24.6 Å². The van der Waals surface area contributed by atoms with Crippen LogP contribution in [0.15, 0.2) is 18.2 Å². The molecule has 0 radical (unpaired) electrons. The fraction of sp³-hybridized carbons (Fsp3) is 0.588. The molecule has 1 aliphatic carbocycles. The van der Waals surface area contributed by atoms with Crippen molar-refractivity contribution in [3.8, 4) is 0 Å². The van der Waals surface area contributed by atoms with E-state index in [9.17, 15) is 9.18 Å². The van der Waals surface area contributed by atoms with Gasteiger partial charge >= 0.3 is 0 Å². The smallest absolute Gasteiger partial charge is 0.254 e. The van der Waals surface area contributed by atoms with E-state index in [1.165, 1.54) is 32.1 Å². The zero-order valence-electron chi connectivity index (χ0n) is 12.4. The van der Waals surface area contributed by atoms with Crippen molar-refractivity contribution in [1.82, 2.24) is 5.32 Å². The number of aryl methyl sites for hydroxylation is 1. The van der Waals surface area contributed by atoms with Gasteiger partial charge in [0.05, 0.1) is 5.56 Å². The normalized spacial score (nSPS) is 22.6. The maximum Gasteiger partial charge on any atom is 0.254 e. The van der Waals surface area contributed by atoms with Gasteiger partial charge in [0.1, 0.15) is 5.82 Å². The van der Waals surface area contributed by atoms with Crippen LogP contribution in [0.4, 0.5) is 4.39 Å². The van der Waals surface area contributed by atoms with E-state index in [0.717, 1.165) is 5.92 Å². The van der Waals surface area contributed by atoms with Crippen molar-refractivity contribution in [2.45, 2.75) is 46.0 Å². The first-order chi connectivity index (χ1) is 9.61. The summed E-state index contributed by atoms with van der Waals surface area (Å²) in [5.41, 5.74) is 0.674. The standard InChI is InChI=1S/C17H24FNO/c1-3-13-7-9-14(10-8-13)11-19-17(20)15-6-4-5-12(2)16(15)18/h4-6,13-14H,3,7-11H2,1-2H3,(H,19,20). The van der Waals surface area contributed by atoms with Gasteiger partial charge in [-0.25, -0.2) is 4.39 Å². The average Bonchev–Trinajstić information content (AvgIpc) is 2.48. The van der Waals surface area contributed by atoms with Crippen molar-refractivity contribution in [3.63, 3.8) is 0 Å². The Balaban J connectivity index is 1.85. The summed E-state index contributed by atoms with van der Waals surface area (Å²) in [6.45, 7) is 4.59. The second-order valence-corrected chi connectivity index (χ2v) is 5.94. The maximum atomic E-state index is 13.9. The minimum atomic E-state index is -0.403. The Morgan fingerprint density at radius 3 is 2.55 bits per heavy atom. The highest BCUT2D eigenvalue weighted by Gasteiger charge is 2.21. The number of amides is 1. The molecule has 0 aliphatic heterocycles. The minimum Gasteiger partial charge on any atom is -0.352 e. The molecule has 0 saturated heterocycles. The fourth-order valence-corrected chi connectivity index (χ4v) is 3.00. The van der Waals surface area contributed by atoms with Gasteiger partial charge in [-0.3, -0.25) is 4.79 Å². The van der Waals surface area contributed by atoms with Crippen molar-refractivity contribution in [1.29, 1.82) is 0 Å². The van der Waals surface area contributed by atoms with Gasteiger partial charge in [0, 0.05) is 6.54 Å². The van der Waals surface area contributed by atoms with Crippen LogP contribution in [0.25, 0.3) is 0 Å². The molecule has 0 aromatic heterocycles. The summed E-state index contributed by atoms with van der Waals surface area (Å²) >= 11 is 0. The number of benzene rings is 1. The molecule has 1 N–H and O–H groups in total. The highest BCUT2D eigenvalue weighted by molar-refractivity contribution is 5.94. The second kappa shape index (κ2) is 6.87. The average molecular weight is 277 g/mol. The van der Waals surface area contributed by atoms with Gasteiger partial charge in [-0.05, 0) is 43.2 Å². The van der Waals surface area contributed by atoms with Crippen LogP contribution in [0.2, 0.25) is 0 Å². The highest BCUT2D eigenvalue weighted by Crippen LogP contribution is 2.30. The summed E-state index contributed by atoms with van der Waals surface area (Å²) in [4.78, 5) is 12.0. The number of hydrogen-bond donors (Lipinski definition) is 1. The molecule has 20 heavy (non-hydrogen) atoms. The molecule has 3 heteroatoms. The van der Waals surface area contributed by atoms with E-state index < -0.39 is 5.82 Å². The number of carbonyl (C=O) groups excluding carboxylic acids is 1. The lowest BCUT2D eigenvalue weighted by molar-refractivity contribution is 0.0937. The Morgan fingerprint density at radius 1 is 1.25 bits per heavy atom. The van der Waals surface area contributed by atoms with Crippen LogP contribution < -0.4 is 5.32 Å². The molecule has 1 fully saturated rings. The molecule has 0 bridgehead atoms. The van der Waals surface area contributed by atoms with Gasteiger partial charge in [-0.1, -0.05) is 38.3 Å². The van der Waals surface area contributed by atoms with Gasteiger partial charge in [0.15, 0.2) is 0 Å². The number of nitrogens with one attached hydrogen (secondary N) is 1. The van der Waals surface area contributed by atoms with Crippen LogP contribution >= 0.6 is 0 Å². The van der Waals surface area contributed by atoms with Gasteiger partial charge in [-0.2, -0.15) is 0 Å². The molecule has 0 unspecified atom stereocenters. The Kier molecular flexibility index (Phi) is 5.16. The van der Waals surface area contributed by atoms with Gasteiger partial charge < -0.3 is 5.32 Å². The molecule has 0 atom stereocenters. The van der Waals surface area contributed by atoms with Crippen molar-refractivity contribution < 1.29 is 9.18 Å². The lowest BCUT2D eigenvalue weighted by Gasteiger charge is -2.27. The first kappa shape index (κ1) is 15.0. The first-order valence-electron chi connectivity index (χ1n) is 7.65. The van der Waals surface area contributed by atoms with Crippen molar-refractivity contribution in [2.75, 3.05) is 6.54 Å². The third kappa shape index (κ3) is 3.59. The summed E-state index contributed by atoms with van der Waals surface area (Å²) in [5.74, 6) is 0.717.